The van der Waals surface area contributed by atoms with Gasteiger partial charge in [0.1, 0.15) is 11.5 Å². The van der Waals surface area contributed by atoms with E-state index < -0.39 is 11.8 Å². The Labute approximate surface area is 125 Å². The van der Waals surface area contributed by atoms with E-state index in [0.29, 0.717) is 12.8 Å². The molecule has 3 atom stereocenters. The monoisotopic (exact) mass is 272 g/mol. The summed E-state index contributed by atoms with van der Waals surface area (Å²) in [6, 6.07) is 1.64. The largest absolute Gasteiger partial charge is 0.508 e. The number of hydrogen-bond donors (Lipinski definition) is 1. The van der Waals surface area contributed by atoms with Gasteiger partial charge in [0.15, 0.2) is 0 Å². The number of hydrogen-bond acceptors (Lipinski definition) is 2. The molecule has 3 aliphatic rings. The zero-order chi connectivity index (χ0) is 17.4. The maximum Gasteiger partial charge on any atom is 0.139 e. The molecule has 2 nitrogen and oxygen atoms in total. The van der Waals surface area contributed by atoms with Crippen molar-refractivity contribution >= 4 is 5.78 Å². The van der Waals surface area contributed by atoms with Gasteiger partial charge >= 0.3 is 0 Å². The molecule has 104 valence electrons. The lowest BCUT2D eigenvalue weighted by Gasteiger charge is -2.43. The number of fused-ring (bicyclic) bond motifs is 5. The Kier molecular flexibility index (Phi) is 1.72. The molecule has 0 aliphatic heterocycles. The lowest BCUT2D eigenvalue weighted by molar-refractivity contribution is -0.126. The first-order valence-electron chi connectivity index (χ1n) is 9.23. The lowest BCUT2D eigenvalue weighted by atomic mass is 9.60. The van der Waals surface area contributed by atoms with E-state index in [2.05, 4.69) is 0 Å². The molecule has 0 saturated heterocycles. The second-order valence-corrected chi connectivity index (χ2v) is 6.38. The smallest absolute Gasteiger partial charge is 0.139 e. The van der Waals surface area contributed by atoms with Crippen LogP contribution in [0, 0.1) is 11.3 Å². The highest BCUT2D eigenvalue weighted by molar-refractivity contribution is 5.88. The predicted molar refractivity (Wildman–Crippen MR) is 77.7 cm³/mol. The van der Waals surface area contributed by atoms with Crippen molar-refractivity contribution in [1.29, 1.82) is 0 Å². The van der Waals surface area contributed by atoms with Crippen LogP contribution >= 0.6 is 0 Å². The van der Waals surface area contributed by atoms with Crippen molar-refractivity contribution in [3.63, 3.8) is 0 Å². The van der Waals surface area contributed by atoms with E-state index in [1.54, 1.807) is 6.07 Å². The summed E-state index contributed by atoms with van der Waals surface area (Å²) in [6.45, 7) is 1.89. The molecule has 1 N–H and O–H groups in total. The molecule has 4 rings (SSSR count). The first-order valence-corrected chi connectivity index (χ1v) is 7.23. The van der Waals surface area contributed by atoms with Gasteiger partial charge in [0.2, 0.25) is 0 Å². The molecule has 3 aliphatic carbocycles. The van der Waals surface area contributed by atoms with Crippen molar-refractivity contribution in [2.45, 2.75) is 44.9 Å². The summed E-state index contributed by atoms with van der Waals surface area (Å²) in [5.74, 6) is -0.636. The van der Waals surface area contributed by atoms with Gasteiger partial charge in [-0.2, -0.15) is 0 Å². The molecule has 2 fully saturated rings. The van der Waals surface area contributed by atoms with Crippen LogP contribution in [0.1, 0.15) is 55.1 Å². The summed E-state index contributed by atoms with van der Waals surface area (Å²) in [6.07, 6.45) is 2.32. The number of rotatable bonds is 0. The Bertz CT molecular complexity index is 799. The van der Waals surface area contributed by atoms with Crippen LogP contribution in [0.15, 0.2) is 29.8 Å². The van der Waals surface area contributed by atoms with Crippen molar-refractivity contribution in [3.05, 3.63) is 40.9 Å². The van der Waals surface area contributed by atoms with Crippen LogP contribution in [0.3, 0.4) is 0 Å². The van der Waals surface area contributed by atoms with Gasteiger partial charge in [-0.1, -0.05) is 24.6 Å². The molecule has 2 saturated carbocycles. The minimum absolute atomic E-state index is 0.0268. The average Bonchev–Trinajstić information content (AvgIpc) is 2.72. The predicted octanol–water partition coefficient (Wildman–Crippen LogP) is 3.74. The van der Waals surface area contributed by atoms with Crippen LogP contribution < -0.4 is 0 Å². The Hall–Kier alpha value is -1.57. The SMILES string of the molecule is [2H]c1cc2c(c([2H])c1O)CC=C1[C@H]2CC[C@@]2(C)C(=O)C([2H])([2H])C[C@H]12. The van der Waals surface area contributed by atoms with Crippen molar-refractivity contribution in [2.75, 3.05) is 0 Å². The number of phenolic OH excluding ortho intramolecular Hbond substituents is 1. The highest BCUT2D eigenvalue weighted by Gasteiger charge is 2.52. The summed E-state index contributed by atoms with van der Waals surface area (Å²) in [5.41, 5.74) is 2.11. The van der Waals surface area contributed by atoms with Crippen molar-refractivity contribution in [1.82, 2.24) is 0 Å². The van der Waals surface area contributed by atoms with Gasteiger partial charge in [-0.15, -0.1) is 0 Å². The Balaban J connectivity index is 1.82. The second kappa shape index (κ2) is 3.97. The highest BCUT2D eigenvalue weighted by Crippen LogP contribution is 2.57. The summed E-state index contributed by atoms with van der Waals surface area (Å²) < 4.78 is 32.1. The summed E-state index contributed by atoms with van der Waals surface area (Å²) in [4.78, 5) is 12.6. The molecule has 1 aromatic rings. The highest BCUT2D eigenvalue weighted by atomic mass is 16.3. The number of carbonyl (C=O) groups excluding carboxylic acids is 1. The maximum absolute atomic E-state index is 12.6. The number of benzene rings is 1. The van der Waals surface area contributed by atoms with Gasteiger partial charge in [0, 0.05) is 20.4 Å². The molecule has 20 heavy (non-hydrogen) atoms. The molecule has 0 heterocycles. The first-order chi connectivity index (χ1) is 11.2. The van der Waals surface area contributed by atoms with Gasteiger partial charge in [-0.25, -0.2) is 0 Å². The topological polar surface area (TPSA) is 37.3 Å². The number of phenols is 1. The lowest BCUT2D eigenvalue weighted by Crippen LogP contribution is -2.37. The number of carbonyl (C=O) groups is 1. The average molecular weight is 272 g/mol. The molecule has 0 spiro atoms. The minimum Gasteiger partial charge on any atom is -0.508 e. The van der Waals surface area contributed by atoms with E-state index >= 15 is 0 Å². The van der Waals surface area contributed by atoms with Crippen LogP contribution in [0.25, 0.3) is 0 Å². The van der Waals surface area contributed by atoms with Gasteiger partial charge in [-0.3, -0.25) is 4.79 Å². The maximum atomic E-state index is 12.6. The zero-order valence-electron chi connectivity index (χ0n) is 15.5. The number of aromatic hydroxyl groups is 1. The zero-order valence-corrected chi connectivity index (χ0v) is 11.5. The standard InChI is InChI=1S/C18H20O2/c1-18-9-8-14-13-5-3-12(19)10-11(13)2-4-15(14)16(18)6-7-17(18)20/h3-5,10,14,16,19H,2,6-9H2,1H3/t14-,16+,18+/m0/s1/i3D,7D2,10D. The van der Waals surface area contributed by atoms with E-state index in [0.717, 1.165) is 23.1 Å². The van der Waals surface area contributed by atoms with E-state index in [1.165, 1.54) is 0 Å². The van der Waals surface area contributed by atoms with Crippen LogP contribution in [-0.2, 0) is 11.2 Å². The fraction of sp³-hybridized carbons (Fsp3) is 0.500. The van der Waals surface area contributed by atoms with Crippen molar-refractivity contribution in [3.8, 4) is 5.75 Å². The van der Waals surface area contributed by atoms with Gasteiger partial charge in [0.25, 0.3) is 0 Å². The Morgan fingerprint density at radius 3 is 3.20 bits per heavy atom. The normalized spacial score (nSPS) is 40.5. The van der Waals surface area contributed by atoms with E-state index in [9.17, 15) is 9.90 Å². The molecule has 0 bridgehead atoms. The summed E-state index contributed by atoms with van der Waals surface area (Å²) >= 11 is 0. The molecular weight excluding hydrogens is 248 g/mol. The summed E-state index contributed by atoms with van der Waals surface area (Å²) in [5, 5.41) is 9.86. The number of Topliss-reactive ketones (excluding diaryl/α,β-unsaturated/α-hetero) is 1. The molecular formula is C18H20O2. The number of ketones is 1. The van der Waals surface area contributed by atoms with E-state index in [4.69, 9.17) is 5.48 Å². The third-order valence-electron chi connectivity index (χ3n) is 5.41. The molecule has 0 radical (unpaired) electrons. The third kappa shape index (κ3) is 1.48. The summed E-state index contributed by atoms with van der Waals surface area (Å²) in [7, 11) is 0. The fourth-order valence-corrected chi connectivity index (χ4v) is 4.21. The van der Waals surface area contributed by atoms with Gasteiger partial charge < -0.3 is 5.11 Å². The van der Waals surface area contributed by atoms with Crippen LogP contribution in [-0.4, -0.2) is 10.9 Å². The minimum atomic E-state index is -1.77. The molecule has 0 aromatic heterocycles. The molecule has 2 heteroatoms. The van der Waals surface area contributed by atoms with Crippen LogP contribution in [0.2, 0.25) is 0 Å². The van der Waals surface area contributed by atoms with Crippen molar-refractivity contribution in [2.24, 2.45) is 11.3 Å². The van der Waals surface area contributed by atoms with E-state index in [-0.39, 0.29) is 41.9 Å². The molecule has 0 amide bonds. The first kappa shape index (κ1) is 8.66. The quantitative estimate of drug-likeness (QED) is 0.731. The Morgan fingerprint density at radius 2 is 2.35 bits per heavy atom. The van der Waals surface area contributed by atoms with Gasteiger partial charge in [-0.05, 0) is 54.8 Å². The van der Waals surface area contributed by atoms with E-state index in [1.807, 2.05) is 13.0 Å². The van der Waals surface area contributed by atoms with Crippen molar-refractivity contribution < 1.29 is 15.4 Å². The third-order valence-corrected chi connectivity index (χ3v) is 5.41. The fourth-order valence-electron chi connectivity index (χ4n) is 4.21. The second-order valence-electron chi connectivity index (χ2n) is 6.38. The van der Waals surface area contributed by atoms with Crippen LogP contribution in [0.4, 0.5) is 0 Å². The number of allylic oxidation sites excluding steroid dienone is 2. The Morgan fingerprint density at radius 1 is 1.50 bits per heavy atom. The van der Waals surface area contributed by atoms with Gasteiger partial charge in [0.05, 0.1) is 2.74 Å². The molecule has 0 unspecified atom stereocenters. The molecule has 1 aromatic carbocycles. The van der Waals surface area contributed by atoms with Crippen LogP contribution in [0.5, 0.6) is 5.75 Å².